The van der Waals surface area contributed by atoms with Crippen molar-refractivity contribution in [2.24, 2.45) is 5.92 Å². The number of rotatable bonds is 5. The maximum atomic E-state index is 10.1. The molecule has 0 aromatic heterocycles. The quantitative estimate of drug-likeness (QED) is 0.789. The Morgan fingerprint density at radius 3 is 2.79 bits per heavy atom. The van der Waals surface area contributed by atoms with Crippen LogP contribution in [0.1, 0.15) is 39.0 Å². The molecule has 112 valence electrons. The summed E-state index contributed by atoms with van der Waals surface area (Å²) in [6, 6.07) is 0.917. The number of hydrogen-bond acceptors (Lipinski definition) is 4. The first-order valence-electron chi connectivity index (χ1n) is 7.91. The average Bonchev–Trinajstić information content (AvgIpc) is 2.41. The Balaban J connectivity index is 1.86. The van der Waals surface area contributed by atoms with Crippen molar-refractivity contribution in [3.8, 4) is 0 Å². The Morgan fingerprint density at radius 2 is 2.05 bits per heavy atom. The molecule has 2 fully saturated rings. The second-order valence-corrected chi connectivity index (χ2v) is 6.15. The zero-order valence-corrected chi connectivity index (χ0v) is 12.5. The lowest BCUT2D eigenvalue weighted by Gasteiger charge is -2.40. The molecule has 0 amide bonds. The molecule has 4 nitrogen and oxygen atoms in total. The van der Waals surface area contributed by atoms with E-state index < -0.39 is 0 Å². The number of likely N-dealkylation sites (N-methyl/N-ethyl adjacent to an activating group) is 1. The van der Waals surface area contributed by atoms with Gasteiger partial charge in [0.1, 0.15) is 0 Å². The maximum absolute atomic E-state index is 10.1. The molecular weight excluding hydrogens is 240 g/mol. The number of nitrogens with zero attached hydrogens (tertiary/aromatic N) is 1. The first-order chi connectivity index (χ1) is 9.22. The van der Waals surface area contributed by atoms with Crippen molar-refractivity contribution in [2.45, 2.75) is 57.2 Å². The fraction of sp³-hybridized carbons (Fsp3) is 1.00. The van der Waals surface area contributed by atoms with Gasteiger partial charge in [-0.1, -0.05) is 19.8 Å². The fourth-order valence-electron chi connectivity index (χ4n) is 3.62. The summed E-state index contributed by atoms with van der Waals surface area (Å²) in [5.74, 6) is 0.549. The molecule has 1 saturated heterocycles. The standard InChI is InChI=1S/C15H30N2O2/c1-3-16-13-8-9-19-11-12(13)10-17(2)14-6-4-5-7-15(14)18/h12-16,18H,3-11H2,1-2H3. The molecule has 4 heteroatoms. The predicted octanol–water partition coefficient (Wildman–Crippen LogP) is 1.24. The van der Waals surface area contributed by atoms with E-state index in [-0.39, 0.29) is 6.10 Å². The van der Waals surface area contributed by atoms with Gasteiger partial charge in [-0.15, -0.1) is 0 Å². The van der Waals surface area contributed by atoms with E-state index in [1.807, 2.05) is 0 Å². The first-order valence-corrected chi connectivity index (χ1v) is 7.91. The van der Waals surface area contributed by atoms with Crippen molar-refractivity contribution >= 4 is 0 Å². The Morgan fingerprint density at radius 1 is 1.26 bits per heavy atom. The minimum atomic E-state index is -0.138. The van der Waals surface area contributed by atoms with Gasteiger partial charge >= 0.3 is 0 Å². The third-order valence-electron chi connectivity index (χ3n) is 4.72. The fourth-order valence-corrected chi connectivity index (χ4v) is 3.62. The maximum Gasteiger partial charge on any atom is 0.0695 e. The van der Waals surface area contributed by atoms with E-state index in [1.165, 1.54) is 12.8 Å². The number of aliphatic hydroxyl groups is 1. The topological polar surface area (TPSA) is 44.7 Å². The van der Waals surface area contributed by atoms with Crippen LogP contribution in [0, 0.1) is 5.92 Å². The summed E-state index contributed by atoms with van der Waals surface area (Å²) >= 11 is 0. The molecule has 1 aliphatic carbocycles. The lowest BCUT2D eigenvalue weighted by molar-refractivity contribution is -0.0117. The van der Waals surface area contributed by atoms with Crippen LogP contribution in [0.3, 0.4) is 0 Å². The summed E-state index contributed by atoms with van der Waals surface area (Å²) < 4.78 is 5.64. The Bertz CT molecular complexity index is 261. The summed E-state index contributed by atoms with van der Waals surface area (Å²) in [4.78, 5) is 2.37. The molecule has 4 unspecified atom stereocenters. The monoisotopic (exact) mass is 270 g/mol. The van der Waals surface area contributed by atoms with Crippen LogP contribution in [0.25, 0.3) is 0 Å². The minimum Gasteiger partial charge on any atom is -0.391 e. The van der Waals surface area contributed by atoms with Gasteiger partial charge in [0.05, 0.1) is 12.7 Å². The molecule has 0 aromatic carbocycles. The molecular formula is C15H30N2O2. The van der Waals surface area contributed by atoms with Crippen LogP contribution in [0.15, 0.2) is 0 Å². The second kappa shape index (κ2) is 7.58. The van der Waals surface area contributed by atoms with Crippen LogP contribution in [0.5, 0.6) is 0 Å². The van der Waals surface area contributed by atoms with Gasteiger partial charge < -0.3 is 20.1 Å². The zero-order valence-electron chi connectivity index (χ0n) is 12.5. The Hall–Kier alpha value is -0.160. The molecule has 1 heterocycles. The molecule has 2 rings (SSSR count). The third-order valence-corrected chi connectivity index (χ3v) is 4.72. The van der Waals surface area contributed by atoms with Crippen molar-refractivity contribution in [3.63, 3.8) is 0 Å². The highest BCUT2D eigenvalue weighted by Crippen LogP contribution is 2.24. The van der Waals surface area contributed by atoms with E-state index in [0.717, 1.165) is 45.6 Å². The molecule has 0 aromatic rings. The van der Waals surface area contributed by atoms with E-state index >= 15 is 0 Å². The molecule has 2 aliphatic rings. The molecule has 19 heavy (non-hydrogen) atoms. The van der Waals surface area contributed by atoms with Crippen LogP contribution in [0.2, 0.25) is 0 Å². The van der Waals surface area contributed by atoms with Gasteiger partial charge in [-0.25, -0.2) is 0 Å². The number of nitrogens with one attached hydrogen (secondary N) is 1. The number of ether oxygens (including phenoxy) is 1. The number of hydrogen-bond donors (Lipinski definition) is 2. The summed E-state index contributed by atoms with van der Waals surface area (Å²) in [5.41, 5.74) is 0. The Kier molecular flexibility index (Phi) is 6.07. The van der Waals surface area contributed by atoms with Gasteiger partial charge in [0.2, 0.25) is 0 Å². The highest BCUT2D eigenvalue weighted by molar-refractivity contribution is 4.86. The van der Waals surface area contributed by atoms with Crippen LogP contribution in [-0.4, -0.2) is 61.5 Å². The van der Waals surface area contributed by atoms with Crippen molar-refractivity contribution in [1.82, 2.24) is 10.2 Å². The summed E-state index contributed by atoms with van der Waals surface area (Å²) in [5, 5.41) is 13.7. The Labute approximate surface area is 117 Å². The van der Waals surface area contributed by atoms with Crippen LogP contribution < -0.4 is 5.32 Å². The van der Waals surface area contributed by atoms with Gasteiger partial charge in [-0.3, -0.25) is 0 Å². The van der Waals surface area contributed by atoms with Gasteiger partial charge in [0, 0.05) is 31.2 Å². The minimum absolute atomic E-state index is 0.138. The smallest absolute Gasteiger partial charge is 0.0695 e. The molecule has 0 bridgehead atoms. The van der Waals surface area contributed by atoms with Gasteiger partial charge in [-0.05, 0) is 32.9 Å². The van der Waals surface area contributed by atoms with E-state index in [0.29, 0.717) is 18.0 Å². The summed E-state index contributed by atoms with van der Waals surface area (Å²) in [7, 11) is 2.16. The van der Waals surface area contributed by atoms with Gasteiger partial charge in [0.15, 0.2) is 0 Å². The molecule has 4 atom stereocenters. The summed E-state index contributed by atoms with van der Waals surface area (Å²) in [6.07, 6.45) is 5.51. The molecule has 1 saturated carbocycles. The number of aliphatic hydroxyl groups excluding tert-OH is 1. The van der Waals surface area contributed by atoms with E-state index in [4.69, 9.17) is 4.74 Å². The van der Waals surface area contributed by atoms with Crippen LogP contribution in [-0.2, 0) is 4.74 Å². The predicted molar refractivity (Wildman–Crippen MR) is 77.3 cm³/mol. The van der Waals surface area contributed by atoms with Crippen molar-refractivity contribution in [2.75, 3.05) is 33.4 Å². The van der Waals surface area contributed by atoms with Crippen molar-refractivity contribution in [1.29, 1.82) is 0 Å². The molecule has 0 radical (unpaired) electrons. The highest BCUT2D eigenvalue weighted by atomic mass is 16.5. The zero-order chi connectivity index (χ0) is 13.7. The van der Waals surface area contributed by atoms with E-state index in [9.17, 15) is 5.11 Å². The van der Waals surface area contributed by atoms with Crippen molar-refractivity contribution < 1.29 is 9.84 Å². The van der Waals surface area contributed by atoms with Crippen LogP contribution >= 0.6 is 0 Å². The van der Waals surface area contributed by atoms with E-state index in [2.05, 4.69) is 24.2 Å². The molecule has 0 spiro atoms. The summed E-state index contributed by atoms with van der Waals surface area (Å²) in [6.45, 7) is 5.95. The van der Waals surface area contributed by atoms with Crippen molar-refractivity contribution in [3.05, 3.63) is 0 Å². The third kappa shape index (κ3) is 4.15. The molecule has 2 N–H and O–H groups in total. The van der Waals surface area contributed by atoms with Crippen LogP contribution in [0.4, 0.5) is 0 Å². The highest BCUT2D eigenvalue weighted by Gasteiger charge is 2.31. The lowest BCUT2D eigenvalue weighted by atomic mass is 9.89. The normalized spacial score (nSPS) is 36.6. The van der Waals surface area contributed by atoms with Gasteiger partial charge in [0.25, 0.3) is 0 Å². The first kappa shape index (κ1) is 15.2. The van der Waals surface area contributed by atoms with Gasteiger partial charge in [-0.2, -0.15) is 0 Å². The average molecular weight is 270 g/mol. The molecule has 1 aliphatic heterocycles. The largest absolute Gasteiger partial charge is 0.391 e. The second-order valence-electron chi connectivity index (χ2n) is 6.15. The SMILES string of the molecule is CCNC1CCOCC1CN(C)C1CCCCC1O. The van der Waals surface area contributed by atoms with E-state index in [1.54, 1.807) is 0 Å². The lowest BCUT2D eigenvalue weighted by Crippen LogP contribution is -2.51.